The fraction of sp³-hybridized carbons (Fsp3) is 0.182. The number of imidazole rings is 1. The van der Waals surface area contributed by atoms with Gasteiger partial charge in [0.05, 0.1) is 30.4 Å². The van der Waals surface area contributed by atoms with Crippen molar-refractivity contribution in [1.82, 2.24) is 19.5 Å². The largest absolute Gasteiger partial charge is 0.488 e. The molecule has 0 saturated heterocycles. The number of carbonyl (C=O) groups is 1. The molecule has 5 N–H and O–H groups in total. The number of benzene rings is 2. The van der Waals surface area contributed by atoms with Gasteiger partial charge in [-0.25, -0.2) is 4.57 Å². The minimum atomic E-state index is -1.55. The number of para-hydroxylation sites is 1. The van der Waals surface area contributed by atoms with Crippen molar-refractivity contribution in [2.24, 2.45) is 5.73 Å². The summed E-state index contributed by atoms with van der Waals surface area (Å²) in [5.74, 6) is 0.668. The standard InChI is InChI=1S/C22H21BN6O5/c1-33-22-26-17-14(18(24)30)6-3-7-16(17)29(22)21-27-19(15-8-9-34-20(15)28-21)25-11-12-4-2-5-13(10-12)23(31)32/h2-7,10,31-32H,8-9,11H2,1H3,(H2,24,30)(H,25,27,28). The zero-order chi connectivity index (χ0) is 23.8. The predicted molar refractivity (Wildman–Crippen MR) is 125 cm³/mol. The van der Waals surface area contributed by atoms with Crippen molar-refractivity contribution in [1.29, 1.82) is 0 Å². The van der Waals surface area contributed by atoms with Gasteiger partial charge in [-0.2, -0.15) is 15.0 Å². The molecule has 0 spiro atoms. The van der Waals surface area contributed by atoms with Gasteiger partial charge in [0, 0.05) is 13.0 Å². The first-order valence-corrected chi connectivity index (χ1v) is 10.5. The van der Waals surface area contributed by atoms with E-state index in [0.29, 0.717) is 47.8 Å². The van der Waals surface area contributed by atoms with Gasteiger partial charge in [0.15, 0.2) is 0 Å². The number of hydrogen-bond acceptors (Lipinski definition) is 9. The second-order valence-electron chi connectivity index (χ2n) is 7.70. The Morgan fingerprint density at radius 3 is 2.82 bits per heavy atom. The Balaban J connectivity index is 1.58. The monoisotopic (exact) mass is 460 g/mol. The molecule has 0 bridgehead atoms. The van der Waals surface area contributed by atoms with Gasteiger partial charge in [0.25, 0.3) is 5.91 Å². The molecule has 0 unspecified atom stereocenters. The zero-order valence-electron chi connectivity index (χ0n) is 18.2. The lowest BCUT2D eigenvalue weighted by Crippen LogP contribution is -2.30. The lowest BCUT2D eigenvalue weighted by atomic mass is 9.80. The minimum absolute atomic E-state index is 0.192. The van der Waals surface area contributed by atoms with Gasteiger partial charge in [0.2, 0.25) is 11.8 Å². The van der Waals surface area contributed by atoms with E-state index in [0.717, 1.165) is 11.1 Å². The predicted octanol–water partition coefficient (Wildman–Crippen LogP) is 0.150. The fourth-order valence-electron chi connectivity index (χ4n) is 3.95. The zero-order valence-corrected chi connectivity index (χ0v) is 18.2. The molecule has 12 heteroatoms. The Morgan fingerprint density at radius 1 is 1.24 bits per heavy atom. The van der Waals surface area contributed by atoms with Gasteiger partial charge >= 0.3 is 13.1 Å². The van der Waals surface area contributed by atoms with Crippen LogP contribution in [0.25, 0.3) is 17.0 Å². The SMILES string of the molecule is COc1nc2c(C(N)=O)cccc2n1-c1nc(NCc2cccc(B(O)O)c2)c2c(n1)OCC2. The van der Waals surface area contributed by atoms with Gasteiger partial charge in [-0.05, 0) is 23.2 Å². The van der Waals surface area contributed by atoms with Crippen LogP contribution in [0.15, 0.2) is 42.5 Å². The maximum absolute atomic E-state index is 11.9. The summed E-state index contributed by atoms with van der Waals surface area (Å²) in [6.45, 7) is 0.860. The maximum Gasteiger partial charge on any atom is 0.488 e. The second kappa shape index (κ2) is 8.65. The van der Waals surface area contributed by atoms with Crippen molar-refractivity contribution < 1.29 is 24.3 Å². The van der Waals surface area contributed by atoms with Crippen LogP contribution in [0.3, 0.4) is 0 Å². The third-order valence-electron chi connectivity index (χ3n) is 5.56. The molecule has 1 amide bonds. The molecule has 0 fully saturated rings. The molecule has 172 valence electrons. The summed E-state index contributed by atoms with van der Waals surface area (Å²) in [5.41, 5.74) is 8.80. The van der Waals surface area contributed by atoms with E-state index in [4.69, 9.17) is 20.2 Å². The highest BCUT2D eigenvalue weighted by Gasteiger charge is 2.25. The number of anilines is 1. The highest BCUT2D eigenvalue weighted by Crippen LogP contribution is 2.33. The number of methoxy groups -OCH3 is 1. The number of hydrogen-bond donors (Lipinski definition) is 4. The molecule has 0 aliphatic carbocycles. The van der Waals surface area contributed by atoms with Crippen molar-refractivity contribution in [3.8, 4) is 17.8 Å². The third kappa shape index (κ3) is 3.78. The van der Waals surface area contributed by atoms with Crippen molar-refractivity contribution in [3.63, 3.8) is 0 Å². The van der Waals surface area contributed by atoms with E-state index in [1.807, 2.05) is 6.07 Å². The van der Waals surface area contributed by atoms with E-state index in [-0.39, 0.29) is 17.5 Å². The topological polar surface area (TPSA) is 158 Å². The van der Waals surface area contributed by atoms with Crippen LogP contribution in [0, 0.1) is 0 Å². The molecule has 3 heterocycles. The van der Waals surface area contributed by atoms with Crippen molar-refractivity contribution in [2.45, 2.75) is 13.0 Å². The molecule has 5 rings (SSSR count). The average molecular weight is 460 g/mol. The van der Waals surface area contributed by atoms with E-state index >= 15 is 0 Å². The molecule has 0 atom stereocenters. The second-order valence-corrected chi connectivity index (χ2v) is 7.70. The minimum Gasteiger partial charge on any atom is -0.477 e. The number of primary amides is 1. The summed E-state index contributed by atoms with van der Waals surface area (Å²) in [6.07, 6.45) is 0.640. The van der Waals surface area contributed by atoms with Gasteiger partial charge in [0.1, 0.15) is 11.3 Å². The summed E-state index contributed by atoms with van der Waals surface area (Å²) in [7, 11) is -0.0803. The van der Waals surface area contributed by atoms with Crippen LogP contribution in [0.5, 0.6) is 11.9 Å². The summed E-state index contributed by atoms with van der Waals surface area (Å²) >= 11 is 0. The molecule has 1 aliphatic heterocycles. The molecule has 34 heavy (non-hydrogen) atoms. The Kier molecular flexibility index (Phi) is 5.52. The summed E-state index contributed by atoms with van der Waals surface area (Å²) in [4.78, 5) is 25.6. The van der Waals surface area contributed by atoms with Crippen LogP contribution in [-0.2, 0) is 13.0 Å². The molecule has 0 saturated carbocycles. The number of nitrogens with one attached hydrogen (secondary N) is 1. The van der Waals surface area contributed by atoms with Crippen molar-refractivity contribution in [3.05, 3.63) is 59.2 Å². The summed E-state index contributed by atoms with van der Waals surface area (Å²) in [5, 5.41) is 22.2. The molecule has 0 radical (unpaired) electrons. The molecule has 1 aliphatic rings. The van der Waals surface area contributed by atoms with Gasteiger partial charge in [-0.3, -0.25) is 4.79 Å². The van der Waals surface area contributed by atoms with Crippen LogP contribution >= 0.6 is 0 Å². The summed E-state index contributed by atoms with van der Waals surface area (Å²) in [6, 6.07) is 12.2. The van der Waals surface area contributed by atoms with Crippen LogP contribution in [0.4, 0.5) is 5.82 Å². The van der Waals surface area contributed by atoms with Crippen molar-refractivity contribution >= 4 is 35.3 Å². The molecular weight excluding hydrogens is 439 g/mol. The number of nitrogens with zero attached hydrogens (tertiary/aromatic N) is 4. The van der Waals surface area contributed by atoms with E-state index in [2.05, 4.69) is 15.3 Å². The normalized spacial score (nSPS) is 12.3. The molecule has 2 aromatic heterocycles. The molecule has 2 aromatic carbocycles. The first-order valence-electron chi connectivity index (χ1n) is 10.5. The maximum atomic E-state index is 11.9. The number of aromatic nitrogens is 4. The number of rotatable bonds is 7. The van der Waals surface area contributed by atoms with E-state index in [1.54, 1.807) is 41.0 Å². The number of fused-ring (bicyclic) bond motifs is 2. The average Bonchev–Trinajstić information content (AvgIpc) is 3.46. The molecule has 4 aromatic rings. The van der Waals surface area contributed by atoms with Crippen molar-refractivity contribution in [2.75, 3.05) is 19.0 Å². The first kappa shape index (κ1) is 21.7. The first-order chi connectivity index (χ1) is 16.5. The highest BCUT2D eigenvalue weighted by atomic mass is 16.5. The summed E-state index contributed by atoms with van der Waals surface area (Å²) < 4.78 is 12.8. The van der Waals surface area contributed by atoms with E-state index in [9.17, 15) is 14.8 Å². The van der Waals surface area contributed by atoms with E-state index in [1.165, 1.54) is 7.11 Å². The Labute approximate surface area is 194 Å². The Morgan fingerprint density at radius 2 is 2.06 bits per heavy atom. The lowest BCUT2D eigenvalue weighted by molar-refractivity contribution is 0.100. The fourth-order valence-corrected chi connectivity index (χ4v) is 3.95. The number of nitrogens with two attached hydrogens (primary N) is 1. The number of amides is 1. The lowest BCUT2D eigenvalue weighted by Gasteiger charge is -2.13. The number of ether oxygens (including phenoxy) is 2. The van der Waals surface area contributed by atoms with Gasteiger partial charge in [-0.15, -0.1) is 0 Å². The van der Waals surface area contributed by atoms with Crippen LogP contribution < -0.4 is 26.0 Å². The number of carbonyl (C=O) groups excluding carboxylic acids is 1. The Hall–Kier alpha value is -4.16. The van der Waals surface area contributed by atoms with Crippen LogP contribution in [-0.4, -0.2) is 56.3 Å². The van der Waals surface area contributed by atoms with Gasteiger partial charge < -0.3 is 30.6 Å². The third-order valence-corrected chi connectivity index (χ3v) is 5.56. The highest BCUT2D eigenvalue weighted by molar-refractivity contribution is 6.58. The molecular formula is C22H21BN6O5. The van der Waals surface area contributed by atoms with E-state index < -0.39 is 13.0 Å². The molecule has 11 nitrogen and oxygen atoms in total. The van der Waals surface area contributed by atoms with Crippen LogP contribution in [0.2, 0.25) is 0 Å². The quantitative estimate of drug-likeness (QED) is 0.282. The van der Waals surface area contributed by atoms with Crippen LogP contribution in [0.1, 0.15) is 21.5 Å². The Bertz CT molecular complexity index is 1410. The van der Waals surface area contributed by atoms with Gasteiger partial charge in [-0.1, -0.05) is 30.3 Å². The smallest absolute Gasteiger partial charge is 0.477 e.